The molecule has 9 heteroatoms. The summed E-state index contributed by atoms with van der Waals surface area (Å²) in [6.45, 7) is 2.02. The number of benzene rings is 2. The zero-order chi connectivity index (χ0) is 21.6. The number of aryl methyl sites for hydroxylation is 1. The molecule has 8 nitrogen and oxygen atoms in total. The molecule has 4 rings (SSSR count). The second-order valence-corrected chi connectivity index (χ2v) is 7.58. The number of carbonyl (C=O) groups excluding carboxylic acids is 1. The number of thioether (sulfide) groups is 1. The lowest BCUT2D eigenvalue weighted by molar-refractivity contribution is 0.102. The van der Waals surface area contributed by atoms with Gasteiger partial charge in [-0.25, -0.2) is 14.6 Å². The molecular weight excluding hydrogens is 412 g/mol. The summed E-state index contributed by atoms with van der Waals surface area (Å²) in [6.07, 6.45) is 3.36. The van der Waals surface area contributed by atoms with Crippen molar-refractivity contribution >= 4 is 23.4 Å². The topological polar surface area (TPSA) is 94.8 Å². The molecule has 0 saturated carbocycles. The van der Waals surface area contributed by atoms with E-state index >= 15 is 0 Å². The number of aromatic nitrogens is 5. The Morgan fingerprint density at radius 1 is 1.10 bits per heavy atom. The van der Waals surface area contributed by atoms with E-state index in [1.807, 2.05) is 37.3 Å². The Kier molecular flexibility index (Phi) is 6.23. The van der Waals surface area contributed by atoms with Gasteiger partial charge >= 0.3 is 0 Å². The van der Waals surface area contributed by atoms with Crippen LogP contribution < -0.4 is 10.1 Å². The van der Waals surface area contributed by atoms with Crippen molar-refractivity contribution in [2.24, 2.45) is 0 Å². The molecule has 0 radical (unpaired) electrons. The number of hydrogen-bond acceptors (Lipinski definition) is 7. The van der Waals surface area contributed by atoms with Gasteiger partial charge in [0.05, 0.1) is 18.5 Å². The Morgan fingerprint density at radius 3 is 2.61 bits per heavy atom. The maximum Gasteiger partial charge on any atom is 0.278 e. The summed E-state index contributed by atoms with van der Waals surface area (Å²) in [5.41, 5.74) is 3.46. The number of amides is 1. The maximum atomic E-state index is 13.0. The minimum absolute atomic E-state index is 0.242. The maximum absolute atomic E-state index is 13.0. The minimum atomic E-state index is -0.351. The summed E-state index contributed by atoms with van der Waals surface area (Å²) in [4.78, 5) is 21.5. The van der Waals surface area contributed by atoms with Gasteiger partial charge in [-0.2, -0.15) is 0 Å². The predicted molar refractivity (Wildman–Crippen MR) is 119 cm³/mol. The van der Waals surface area contributed by atoms with Gasteiger partial charge in [0.15, 0.2) is 10.9 Å². The Morgan fingerprint density at radius 2 is 1.87 bits per heavy atom. The predicted octanol–water partition coefficient (Wildman–Crippen LogP) is 3.92. The van der Waals surface area contributed by atoms with E-state index in [9.17, 15) is 4.79 Å². The first-order valence-corrected chi connectivity index (χ1v) is 10.5. The Balaban J connectivity index is 1.65. The average Bonchev–Trinajstić information content (AvgIpc) is 3.23. The Bertz CT molecular complexity index is 1180. The number of methoxy groups -OCH3 is 1. The molecule has 0 aliphatic carbocycles. The van der Waals surface area contributed by atoms with E-state index in [4.69, 9.17) is 4.74 Å². The molecule has 0 atom stereocenters. The zero-order valence-electron chi connectivity index (χ0n) is 17.0. The summed E-state index contributed by atoms with van der Waals surface area (Å²) in [5.74, 6) is 0.723. The van der Waals surface area contributed by atoms with Crippen LogP contribution in [0.4, 0.5) is 5.69 Å². The smallest absolute Gasteiger partial charge is 0.278 e. The van der Waals surface area contributed by atoms with Gasteiger partial charge in [-0.05, 0) is 37.3 Å². The zero-order valence-corrected chi connectivity index (χ0v) is 17.8. The van der Waals surface area contributed by atoms with E-state index in [2.05, 4.69) is 25.6 Å². The molecule has 156 valence electrons. The molecule has 2 aromatic carbocycles. The van der Waals surface area contributed by atoms with Crippen molar-refractivity contribution in [2.75, 3.05) is 12.4 Å². The van der Waals surface area contributed by atoms with Gasteiger partial charge in [0.1, 0.15) is 5.75 Å². The van der Waals surface area contributed by atoms with Crippen LogP contribution in [0, 0.1) is 6.92 Å². The number of nitrogens with one attached hydrogen (secondary N) is 1. The molecular formula is C22H20N6O2S. The summed E-state index contributed by atoms with van der Waals surface area (Å²) in [7, 11) is 1.58. The van der Waals surface area contributed by atoms with Crippen molar-refractivity contribution in [1.82, 2.24) is 25.0 Å². The molecule has 0 bridgehead atoms. The highest BCUT2D eigenvalue weighted by Crippen LogP contribution is 2.24. The van der Waals surface area contributed by atoms with Crippen LogP contribution in [0.15, 0.2) is 72.1 Å². The van der Waals surface area contributed by atoms with Crippen molar-refractivity contribution in [3.63, 3.8) is 0 Å². The number of carbonyl (C=O) groups is 1. The lowest BCUT2D eigenvalue weighted by Gasteiger charge is -2.09. The van der Waals surface area contributed by atoms with Crippen molar-refractivity contribution < 1.29 is 9.53 Å². The van der Waals surface area contributed by atoms with Crippen LogP contribution in [0.5, 0.6) is 5.75 Å². The van der Waals surface area contributed by atoms with Crippen LogP contribution in [0.3, 0.4) is 0 Å². The molecule has 1 N–H and O–H groups in total. The third-order valence-electron chi connectivity index (χ3n) is 4.46. The number of nitrogens with zero attached hydrogens (tertiary/aromatic N) is 5. The summed E-state index contributed by atoms with van der Waals surface area (Å²) in [6, 6.07) is 16.8. The van der Waals surface area contributed by atoms with Gasteiger partial charge in [0.25, 0.3) is 5.91 Å². The molecule has 0 aliphatic heterocycles. The molecule has 2 aromatic heterocycles. The van der Waals surface area contributed by atoms with E-state index in [0.717, 1.165) is 11.3 Å². The molecule has 0 unspecified atom stereocenters. The van der Waals surface area contributed by atoms with Gasteiger partial charge < -0.3 is 10.1 Å². The molecule has 4 aromatic rings. The quantitative estimate of drug-likeness (QED) is 0.349. The standard InChI is InChI=1S/C22H20N6O2S/c1-15-7-9-17(10-8-15)28-19(14-31-22-23-11-4-12-24-22)20(26-27-28)21(29)25-16-5-3-6-18(13-16)30-2/h3-13H,14H2,1-2H3,(H,25,29). The second-order valence-electron chi connectivity index (χ2n) is 6.64. The fraction of sp³-hybridized carbons (Fsp3) is 0.136. The highest BCUT2D eigenvalue weighted by atomic mass is 32.2. The minimum Gasteiger partial charge on any atom is -0.497 e. The van der Waals surface area contributed by atoms with E-state index in [1.165, 1.54) is 11.8 Å². The second kappa shape index (κ2) is 9.40. The van der Waals surface area contributed by atoms with Crippen molar-refractivity contribution in [3.8, 4) is 11.4 Å². The first-order valence-electron chi connectivity index (χ1n) is 9.51. The van der Waals surface area contributed by atoms with Crippen LogP contribution in [0.1, 0.15) is 21.7 Å². The summed E-state index contributed by atoms with van der Waals surface area (Å²) < 4.78 is 6.90. The molecule has 0 saturated heterocycles. The molecule has 31 heavy (non-hydrogen) atoms. The van der Waals surface area contributed by atoms with Gasteiger partial charge in [0.2, 0.25) is 0 Å². The normalized spacial score (nSPS) is 10.6. The summed E-state index contributed by atoms with van der Waals surface area (Å²) in [5, 5.41) is 11.9. The van der Waals surface area contributed by atoms with Crippen molar-refractivity contribution in [1.29, 1.82) is 0 Å². The van der Waals surface area contributed by atoms with Gasteiger partial charge in [-0.3, -0.25) is 4.79 Å². The number of ether oxygens (including phenoxy) is 1. The van der Waals surface area contributed by atoms with E-state index < -0.39 is 0 Å². The van der Waals surface area contributed by atoms with Crippen molar-refractivity contribution in [3.05, 3.63) is 83.9 Å². The average molecular weight is 433 g/mol. The monoisotopic (exact) mass is 432 g/mol. The summed E-state index contributed by atoms with van der Waals surface area (Å²) >= 11 is 1.41. The van der Waals surface area contributed by atoms with Crippen LogP contribution in [-0.4, -0.2) is 38.0 Å². The number of rotatable bonds is 7. The van der Waals surface area contributed by atoms with E-state index in [-0.39, 0.29) is 11.6 Å². The van der Waals surface area contributed by atoms with E-state index in [0.29, 0.717) is 28.0 Å². The highest BCUT2D eigenvalue weighted by molar-refractivity contribution is 7.98. The number of hydrogen-bond donors (Lipinski definition) is 1. The van der Waals surface area contributed by atoms with Crippen LogP contribution in [0.25, 0.3) is 5.69 Å². The molecule has 2 heterocycles. The van der Waals surface area contributed by atoms with Gasteiger partial charge in [0, 0.05) is 29.9 Å². The lowest BCUT2D eigenvalue weighted by Crippen LogP contribution is -2.15. The molecule has 0 aliphatic rings. The first kappa shape index (κ1) is 20.5. The fourth-order valence-corrected chi connectivity index (χ4v) is 3.68. The Hall–Kier alpha value is -3.72. The first-order chi connectivity index (χ1) is 15.1. The molecule has 1 amide bonds. The van der Waals surface area contributed by atoms with Crippen molar-refractivity contribution in [2.45, 2.75) is 17.8 Å². The third-order valence-corrected chi connectivity index (χ3v) is 5.35. The lowest BCUT2D eigenvalue weighted by atomic mass is 10.2. The highest BCUT2D eigenvalue weighted by Gasteiger charge is 2.21. The van der Waals surface area contributed by atoms with E-state index in [1.54, 1.807) is 48.5 Å². The molecule has 0 spiro atoms. The Labute approximate surface area is 183 Å². The largest absolute Gasteiger partial charge is 0.497 e. The SMILES string of the molecule is COc1cccc(NC(=O)c2nnn(-c3ccc(C)cc3)c2CSc2ncccn2)c1. The van der Waals surface area contributed by atoms with Crippen LogP contribution in [-0.2, 0) is 5.75 Å². The number of anilines is 1. The van der Waals surface area contributed by atoms with Gasteiger partial charge in [-0.15, -0.1) is 5.10 Å². The van der Waals surface area contributed by atoms with Crippen LogP contribution >= 0.6 is 11.8 Å². The van der Waals surface area contributed by atoms with Gasteiger partial charge in [-0.1, -0.05) is 40.7 Å². The fourth-order valence-electron chi connectivity index (χ4n) is 2.88. The van der Waals surface area contributed by atoms with Crippen LogP contribution in [0.2, 0.25) is 0 Å². The molecule has 0 fully saturated rings. The third kappa shape index (κ3) is 4.89.